The highest BCUT2D eigenvalue weighted by Gasteiger charge is 2.27. The van der Waals surface area contributed by atoms with Crippen LogP contribution in [0.15, 0.2) is 36.4 Å². The number of hydrogen-bond donors (Lipinski definition) is 1. The van der Waals surface area contributed by atoms with Gasteiger partial charge in [-0.2, -0.15) is 13.2 Å². The van der Waals surface area contributed by atoms with Gasteiger partial charge in [-0.25, -0.2) is 4.98 Å². The third kappa shape index (κ3) is 4.40. The molecule has 0 saturated heterocycles. The van der Waals surface area contributed by atoms with Crippen LogP contribution in [0.2, 0.25) is 0 Å². The fourth-order valence-corrected chi connectivity index (χ4v) is 1.60. The number of nitrogens with zero attached hydrogens (tertiary/aromatic N) is 1. The first-order valence-electron chi connectivity index (χ1n) is 5.79. The summed E-state index contributed by atoms with van der Waals surface area (Å²) in [5, 5.41) is 3.93. The van der Waals surface area contributed by atoms with E-state index in [9.17, 15) is 13.2 Å². The zero-order chi connectivity index (χ0) is 13.7. The Hall–Kier alpha value is -1.82. The summed E-state index contributed by atoms with van der Waals surface area (Å²) in [7, 11) is 0. The van der Waals surface area contributed by atoms with E-state index in [1.54, 1.807) is 6.07 Å². The molecule has 6 heteroatoms. The molecule has 0 aliphatic carbocycles. The zero-order valence-corrected chi connectivity index (χ0v) is 10.1. The van der Waals surface area contributed by atoms with Crippen LogP contribution in [0.4, 0.5) is 19.0 Å². The van der Waals surface area contributed by atoms with E-state index in [2.05, 4.69) is 15.0 Å². The maximum Gasteiger partial charge on any atom is 0.411 e. The van der Waals surface area contributed by atoms with Crippen LogP contribution in [0.3, 0.4) is 0 Å². The molecule has 2 rings (SSSR count). The second kappa shape index (κ2) is 5.88. The predicted molar refractivity (Wildman–Crippen MR) is 67.1 cm³/mol. The van der Waals surface area contributed by atoms with Crippen molar-refractivity contribution in [2.45, 2.75) is 6.18 Å². The molecule has 3 nitrogen and oxygen atoms in total. The van der Waals surface area contributed by atoms with Gasteiger partial charge in [0.05, 0.1) is 12.1 Å². The Labute approximate surface area is 108 Å². The van der Waals surface area contributed by atoms with Gasteiger partial charge in [-0.1, -0.05) is 18.2 Å². The van der Waals surface area contributed by atoms with Crippen molar-refractivity contribution in [2.75, 3.05) is 25.1 Å². The minimum atomic E-state index is -4.28. The van der Waals surface area contributed by atoms with E-state index in [-0.39, 0.29) is 13.2 Å². The molecule has 102 valence electrons. The molecule has 0 bridgehead atoms. The SMILES string of the molecule is FC(F)(F)COCCNc1ccc2ccccc2n1. The molecule has 0 radical (unpaired) electrons. The highest BCUT2D eigenvalue weighted by atomic mass is 19.4. The highest BCUT2D eigenvalue weighted by Crippen LogP contribution is 2.15. The summed E-state index contributed by atoms with van der Waals surface area (Å²) in [6.45, 7) is -0.963. The van der Waals surface area contributed by atoms with Crippen LogP contribution in [0.1, 0.15) is 0 Å². The molecule has 0 atom stereocenters. The molecule has 0 aliphatic heterocycles. The predicted octanol–water partition coefficient (Wildman–Crippen LogP) is 3.23. The van der Waals surface area contributed by atoms with Crippen molar-refractivity contribution in [1.82, 2.24) is 4.98 Å². The molecule has 0 saturated carbocycles. The van der Waals surface area contributed by atoms with Gasteiger partial charge in [-0.3, -0.25) is 0 Å². The fraction of sp³-hybridized carbons (Fsp3) is 0.308. The lowest BCUT2D eigenvalue weighted by atomic mass is 10.2. The third-order valence-corrected chi connectivity index (χ3v) is 2.42. The summed E-state index contributed by atoms with van der Waals surface area (Å²) < 4.78 is 40.0. The van der Waals surface area contributed by atoms with Gasteiger partial charge >= 0.3 is 6.18 Å². The quantitative estimate of drug-likeness (QED) is 0.847. The van der Waals surface area contributed by atoms with E-state index in [1.165, 1.54) is 0 Å². The topological polar surface area (TPSA) is 34.1 Å². The summed E-state index contributed by atoms with van der Waals surface area (Å²) in [4.78, 5) is 4.33. The summed E-state index contributed by atoms with van der Waals surface area (Å²) in [6, 6.07) is 11.3. The van der Waals surface area contributed by atoms with E-state index in [4.69, 9.17) is 0 Å². The van der Waals surface area contributed by atoms with Crippen LogP contribution < -0.4 is 5.32 Å². The number of ether oxygens (including phenoxy) is 1. The Morgan fingerprint density at radius 3 is 2.68 bits per heavy atom. The van der Waals surface area contributed by atoms with Gasteiger partial charge in [0.15, 0.2) is 0 Å². The molecule has 1 heterocycles. The molecule has 1 N–H and O–H groups in total. The number of halogens is 3. The summed E-state index contributed by atoms with van der Waals surface area (Å²) >= 11 is 0. The molecule has 0 fully saturated rings. The molecule has 19 heavy (non-hydrogen) atoms. The second-order valence-electron chi connectivity index (χ2n) is 3.98. The standard InChI is InChI=1S/C13H13F3N2O/c14-13(15,16)9-19-8-7-17-12-6-5-10-3-1-2-4-11(10)18-12/h1-6H,7-9H2,(H,17,18). The number of alkyl halides is 3. The maximum atomic E-state index is 11.8. The van der Waals surface area contributed by atoms with Crippen molar-refractivity contribution >= 4 is 16.7 Å². The van der Waals surface area contributed by atoms with E-state index in [1.807, 2.05) is 30.3 Å². The average Bonchev–Trinajstić information content (AvgIpc) is 2.37. The van der Waals surface area contributed by atoms with Gasteiger partial charge < -0.3 is 10.1 Å². The van der Waals surface area contributed by atoms with Crippen LogP contribution in [0, 0.1) is 0 Å². The zero-order valence-electron chi connectivity index (χ0n) is 10.1. The van der Waals surface area contributed by atoms with E-state index in [0.717, 1.165) is 10.9 Å². The maximum absolute atomic E-state index is 11.8. The Balaban J connectivity index is 1.82. The molecule has 1 aromatic carbocycles. The van der Waals surface area contributed by atoms with E-state index in [0.29, 0.717) is 5.82 Å². The number of fused-ring (bicyclic) bond motifs is 1. The van der Waals surface area contributed by atoms with Crippen molar-refractivity contribution in [3.05, 3.63) is 36.4 Å². The molecular formula is C13H13F3N2O. The Kier molecular flexibility index (Phi) is 4.21. The molecule has 1 aromatic heterocycles. The van der Waals surface area contributed by atoms with Gasteiger partial charge in [0, 0.05) is 11.9 Å². The van der Waals surface area contributed by atoms with Gasteiger partial charge in [0.25, 0.3) is 0 Å². The van der Waals surface area contributed by atoms with Crippen molar-refractivity contribution in [2.24, 2.45) is 0 Å². The number of pyridine rings is 1. The average molecular weight is 270 g/mol. The molecule has 0 spiro atoms. The van der Waals surface area contributed by atoms with Gasteiger partial charge in [0.1, 0.15) is 12.4 Å². The lowest BCUT2D eigenvalue weighted by Gasteiger charge is -2.09. The number of anilines is 1. The second-order valence-corrected chi connectivity index (χ2v) is 3.98. The van der Waals surface area contributed by atoms with E-state index >= 15 is 0 Å². The first-order chi connectivity index (χ1) is 9.04. The molecule has 0 amide bonds. The van der Waals surface area contributed by atoms with Crippen LogP contribution in [-0.2, 0) is 4.74 Å². The monoisotopic (exact) mass is 270 g/mol. The van der Waals surface area contributed by atoms with Crippen molar-refractivity contribution in [1.29, 1.82) is 0 Å². The molecular weight excluding hydrogens is 257 g/mol. The largest absolute Gasteiger partial charge is 0.411 e. The van der Waals surface area contributed by atoms with Crippen molar-refractivity contribution in [3.63, 3.8) is 0 Å². The van der Waals surface area contributed by atoms with Crippen molar-refractivity contribution < 1.29 is 17.9 Å². The normalized spacial score (nSPS) is 11.7. The van der Waals surface area contributed by atoms with Gasteiger partial charge in [-0.05, 0) is 18.2 Å². The smallest absolute Gasteiger partial charge is 0.370 e. The lowest BCUT2D eigenvalue weighted by molar-refractivity contribution is -0.172. The summed E-state index contributed by atoms with van der Waals surface area (Å²) in [6.07, 6.45) is -4.28. The molecule has 2 aromatic rings. The van der Waals surface area contributed by atoms with Crippen molar-refractivity contribution in [3.8, 4) is 0 Å². The van der Waals surface area contributed by atoms with E-state index < -0.39 is 12.8 Å². The molecule has 0 aliphatic rings. The fourth-order valence-electron chi connectivity index (χ4n) is 1.60. The van der Waals surface area contributed by atoms with Crippen LogP contribution in [0.5, 0.6) is 0 Å². The summed E-state index contributed by atoms with van der Waals surface area (Å²) in [5.41, 5.74) is 0.837. The Morgan fingerprint density at radius 1 is 1.11 bits per heavy atom. The number of para-hydroxylation sites is 1. The number of benzene rings is 1. The number of hydrogen-bond acceptors (Lipinski definition) is 3. The van der Waals surface area contributed by atoms with Gasteiger partial charge in [0.2, 0.25) is 0 Å². The van der Waals surface area contributed by atoms with Crippen LogP contribution in [-0.4, -0.2) is 30.9 Å². The minimum absolute atomic E-state index is 0.0198. The van der Waals surface area contributed by atoms with Gasteiger partial charge in [-0.15, -0.1) is 0 Å². The highest BCUT2D eigenvalue weighted by molar-refractivity contribution is 5.79. The van der Waals surface area contributed by atoms with Crippen LogP contribution in [0.25, 0.3) is 10.9 Å². The minimum Gasteiger partial charge on any atom is -0.370 e. The Bertz CT molecular complexity index is 543. The first kappa shape index (κ1) is 13.6. The first-order valence-corrected chi connectivity index (χ1v) is 5.79. The number of nitrogens with one attached hydrogen (secondary N) is 1. The third-order valence-electron chi connectivity index (χ3n) is 2.42. The molecule has 0 unspecified atom stereocenters. The lowest BCUT2D eigenvalue weighted by Crippen LogP contribution is -2.20. The Morgan fingerprint density at radius 2 is 1.89 bits per heavy atom. The number of rotatable bonds is 5. The summed E-state index contributed by atoms with van der Waals surface area (Å²) in [5.74, 6) is 0.620. The number of aromatic nitrogens is 1. The van der Waals surface area contributed by atoms with Crippen LogP contribution >= 0.6 is 0 Å².